The Hall–Kier alpha value is -3.18. The van der Waals surface area contributed by atoms with E-state index in [1.165, 1.54) is 61.3 Å². The van der Waals surface area contributed by atoms with Crippen LogP contribution in [0, 0.1) is 12.3 Å². The molecule has 0 amide bonds. The second-order valence-electron chi connectivity index (χ2n) is 10.3. The van der Waals surface area contributed by atoms with Crippen molar-refractivity contribution in [2.24, 2.45) is 5.41 Å². The molecule has 5 heteroatoms. The number of hydrogen-bond donors (Lipinski definition) is 1. The zero-order chi connectivity index (χ0) is 23.0. The lowest BCUT2D eigenvalue weighted by molar-refractivity contribution is 0.0604. The van der Waals surface area contributed by atoms with Crippen molar-refractivity contribution in [3.63, 3.8) is 0 Å². The van der Waals surface area contributed by atoms with Crippen LogP contribution in [0.3, 0.4) is 0 Å². The van der Waals surface area contributed by atoms with Gasteiger partial charge in [-0.1, -0.05) is 30.3 Å². The molecule has 2 fully saturated rings. The second-order valence-corrected chi connectivity index (χ2v) is 10.3. The van der Waals surface area contributed by atoms with Crippen LogP contribution < -0.4 is 4.90 Å². The van der Waals surface area contributed by atoms with E-state index >= 15 is 0 Å². The minimum Gasteiger partial charge on any atom is -0.359 e. The maximum Gasteiger partial charge on any atom is 0.147 e. The standard InChI is InChI=1S/C29H33N5/c1-22-10-11-25(31-22)24-7-4-6-23(18-24)20-33-15-5-12-29(21-33)13-16-34(17-14-29)28-19-30-26-8-2-3-9-27(26)32-28/h2-4,6-11,18-19,31H,5,12-17,20-21H2,1H3. The summed E-state index contributed by atoms with van der Waals surface area (Å²) in [6, 6.07) is 21.5. The highest BCUT2D eigenvalue weighted by molar-refractivity contribution is 5.75. The van der Waals surface area contributed by atoms with Crippen LogP contribution in [0.5, 0.6) is 0 Å². The van der Waals surface area contributed by atoms with Crippen molar-refractivity contribution in [2.75, 3.05) is 31.1 Å². The predicted octanol–water partition coefficient (Wildman–Crippen LogP) is 5.82. The van der Waals surface area contributed by atoms with E-state index in [2.05, 4.69) is 69.2 Å². The first kappa shape index (κ1) is 21.4. The maximum atomic E-state index is 4.89. The maximum absolute atomic E-state index is 4.89. The van der Waals surface area contributed by atoms with E-state index < -0.39 is 0 Å². The number of nitrogens with zero attached hydrogens (tertiary/aromatic N) is 4. The zero-order valence-electron chi connectivity index (χ0n) is 20.0. The molecule has 4 heterocycles. The number of H-pyrrole nitrogens is 1. The van der Waals surface area contributed by atoms with Gasteiger partial charge in [-0.25, -0.2) is 4.98 Å². The second kappa shape index (κ2) is 8.88. The number of likely N-dealkylation sites (tertiary alicyclic amines) is 1. The summed E-state index contributed by atoms with van der Waals surface area (Å²) < 4.78 is 0. The van der Waals surface area contributed by atoms with Crippen molar-refractivity contribution in [1.82, 2.24) is 19.9 Å². The molecule has 0 aliphatic carbocycles. The highest BCUT2D eigenvalue weighted by Gasteiger charge is 2.38. The lowest BCUT2D eigenvalue weighted by Crippen LogP contribution is -2.49. The summed E-state index contributed by atoms with van der Waals surface area (Å²) in [6.07, 6.45) is 7.07. The first-order valence-electron chi connectivity index (χ1n) is 12.6. The summed E-state index contributed by atoms with van der Waals surface area (Å²) in [5.41, 5.74) is 7.50. The van der Waals surface area contributed by atoms with E-state index in [-0.39, 0.29) is 0 Å². The number of para-hydroxylation sites is 2. The number of aromatic nitrogens is 3. The highest BCUT2D eigenvalue weighted by atomic mass is 15.2. The third kappa shape index (κ3) is 4.32. The summed E-state index contributed by atoms with van der Waals surface area (Å²) in [5.74, 6) is 1.03. The largest absolute Gasteiger partial charge is 0.359 e. The average molecular weight is 452 g/mol. The van der Waals surface area contributed by atoms with Gasteiger partial charge in [0.15, 0.2) is 0 Å². The molecule has 0 atom stereocenters. The lowest BCUT2D eigenvalue weighted by Gasteiger charge is -2.48. The van der Waals surface area contributed by atoms with Crippen LogP contribution in [0.25, 0.3) is 22.3 Å². The van der Waals surface area contributed by atoms with Gasteiger partial charge in [0.1, 0.15) is 5.82 Å². The molecule has 5 nitrogen and oxygen atoms in total. The molecule has 2 aromatic carbocycles. The fraction of sp³-hybridized carbons (Fsp3) is 0.379. The van der Waals surface area contributed by atoms with Gasteiger partial charge in [-0.05, 0) is 86.0 Å². The molecular formula is C29H33N5. The van der Waals surface area contributed by atoms with Crippen LogP contribution in [0.1, 0.15) is 36.9 Å². The molecule has 0 radical (unpaired) electrons. The lowest BCUT2D eigenvalue weighted by atomic mass is 9.72. The number of hydrogen-bond acceptors (Lipinski definition) is 4. The van der Waals surface area contributed by atoms with Gasteiger partial charge >= 0.3 is 0 Å². The Kier molecular flexibility index (Phi) is 5.58. The van der Waals surface area contributed by atoms with Crippen LogP contribution in [0.15, 0.2) is 66.9 Å². The smallest absolute Gasteiger partial charge is 0.147 e. The Labute approximate surface area is 201 Å². The van der Waals surface area contributed by atoms with Gasteiger partial charge in [0.2, 0.25) is 0 Å². The van der Waals surface area contributed by atoms with Crippen LogP contribution in [-0.4, -0.2) is 46.0 Å². The number of nitrogens with one attached hydrogen (secondary N) is 1. The average Bonchev–Trinajstić information content (AvgIpc) is 3.31. The number of piperidine rings is 2. The van der Waals surface area contributed by atoms with Crippen molar-refractivity contribution < 1.29 is 0 Å². The zero-order valence-corrected chi connectivity index (χ0v) is 20.0. The van der Waals surface area contributed by atoms with E-state index in [0.717, 1.165) is 36.5 Å². The van der Waals surface area contributed by atoms with Gasteiger partial charge in [0, 0.05) is 37.6 Å². The summed E-state index contributed by atoms with van der Waals surface area (Å²) >= 11 is 0. The number of anilines is 1. The van der Waals surface area contributed by atoms with E-state index in [4.69, 9.17) is 4.98 Å². The van der Waals surface area contributed by atoms with Gasteiger partial charge in [0.05, 0.1) is 17.2 Å². The molecule has 2 aromatic heterocycles. The Balaban J connectivity index is 1.11. The van der Waals surface area contributed by atoms with Gasteiger partial charge in [-0.2, -0.15) is 0 Å². The number of aryl methyl sites for hydroxylation is 1. The minimum absolute atomic E-state index is 0.438. The summed E-state index contributed by atoms with van der Waals surface area (Å²) in [6.45, 7) is 7.70. The van der Waals surface area contributed by atoms with Crippen LogP contribution in [0.2, 0.25) is 0 Å². The third-order valence-electron chi connectivity index (χ3n) is 7.80. The van der Waals surface area contributed by atoms with Gasteiger partial charge in [0.25, 0.3) is 0 Å². The SMILES string of the molecule is Cc1ccc(-c2cccc(CN3CCCC4(CCN(c5cnc6ccccc6n5)CC4)C3)c2)[nH]1. The number of aromatic amines is 1. The molecular weight excluding hydrogens is 418 g/mol. The van der Waals surface area contributed by atoms with E-state index in [1.54, 1.807) is 0 Å². The molecule has 0 saturated carbocycles. The molecule has 0 unspecified atom stereocenters. The summed E-state index contributed by atoms with van der Waals surface area (Å²) in [7, 11) is 0. The molecule has 174 valence electrons. The summed E-state index contributed by atoms with van der Waals surface area (Å²) in [5, 5.41) is 0. The molecule has 1 N–H and O–H groups in total. The Morgan fingerprint density at radius 3 is 2.59 bits per heavy atom. The van der Waals surface area contributed by atoms with Gasteiger partial charge in [-0.15, -0.1) is 0 Å². The molecule has 1 spiro atoms. The van der Waals surface area contributed by atoms with Crippen molar-refractivity contribution >= 4 is 16.9 Å². The Morgan fingerprint density at radius 2 is 1.76 bits per heavy atom. The van der Waals surface area contributed by atoms with E-state index in [0.29, 0.717) is 5.41 Å². The van der Waals surface area contributed by atoms with Crippen LogP contribution in [-0.2, 0) is 6.54 Å². The van der Waals surface area contributed by atoms with Crippen LogP contribution in [0.4, 0.5) is 5.82 Å². The van der Waals surface area contributed by atoms with E-state index in [1.807, 2.05) is 24.4 Å². The van der Waals surface area contributed by atoms with Crippen LogP contribution >= 0.6 is 0 Å². The van der Waals surface area contributed by atoms with E-state index in [9.17, 15) is 0 Å². The van der Waals surface area contributed by atoms with Gasteiger partial charge < -0.3 is 9.88 Å². The number of benzene rings is 2. The Bertz CT molecular complexity index is 1280. The Morgan fingerprint density at radius 1 is 0.912 bits per heavy atom. The number of rotatable bonds is 4. The molecule has 2 aliphatic heterocycles. The predicted molar refractivity (Wildman–Crippen MR) is 139 cm³/mol. The normalized spacial score (nSPS) is 18.6. The molecule has 34 heavy (non-hydrogen) atoms. The molecule has 2 saturated heterocycles. The molecule has 2 aliphatic rings. The fourth-order valence-electron chi connectivity index (χ4n) is 5.93. The number of fused-ring (bicyclic) bond motifs is 1. The first-order valence-corrected chi connectivity index (χ1v) is 12.6. The molecule has 4 aromatic rings. The van der Waals surface area contributed by atoms with Crippen molar-refractivity contribution in [2.45, 2.75) is 39.2 Å². The van der Waals surface area contributed by atoms with Gasteiger partial charge in [-0.3, -0.25) is 9.88 Å². The highest BCUT2D eigenvalue weighted by Crippen LogP contribution is 2.41. The molecule has 0 bridgehead atoms. The topological polar surface area (TPSA) is 48.1 Å². The monoisotopic (exact) mass is 451 g/mol. The minimum atomic E-state index is 0.438. The first-order chi connectivity index (χ1) is 16.7. The summed E-state index contributed by atoms with van der Waals surface area (Å²) in [4.78, 5) is 18.1. The van der Waals surface area contributed by atoms with Crippen molar-refractivity contribution in [3.8, 4) is 11.3 Å². The third-order valence-corrected chi connectivity index (χ3v) is 7.80. The fourth-order valence-corrected chi connectivity index (χ4v) is 5.93. The van der Waals surface area contributed by atoms with Crippen molar-refractivity contribution in [3.05, 3.63) is 78.1 Å². The molecule has 6 rings (SSSR count). The quantitative estimate of drug-likeness (QED) is 0.425. The van der Waals surface area contributed by atoms with Crippen molar-refractivity contribution in [1.29, 1.82) is 0 Å².